The highest BCUT2D eigenvalue weighted by molar-refractivity contribution is 5.87. The van der Waals surface area contributed by atoms with Crippen LogP contribution in [0.4, 0.5) is 5.82 Å². The van der Waals surface area contributed by atoms with Gasteiger partial charge in [0.1, 0.15) is 18.3 Å². The Morgan fingerprint density at radius 3 is 2.90 bits per heavy atom. The molecule has 4 heterocycles. The predicted octanol–water partition coefficient (Wildman–Crippen LogP) is 3.12. The summed E-state index contributed by atoms with van der Waals surface area (Å²) in [6.45, 7) is 10.4. The average molecular weight is 544 g/mol. The Balaban J connectivity index is 1.29. The van der Waals surface area contributed by atoms with Crippen LogP contribution in [0.2, 0.25) is 0 Å². The van der Waals surface area contributed by atoms with Crippen molar-refractivity contribution in [3.63, 3.8) is 0 Å². The van der Waals surface area contributed by atoms with Crippen LogP contribution in [0.3, 0.4) is 0 Å². The van der Waals surface area contributed by atoms with Crippen LogP contribution in [-0.2, 0) is 24.3 Å². The quantitative estimate of drug-likeness (QED) is 0.527. The molecule has 10 heteroatoms. The molecular weight excluding hydrogens is 506 g/mol. The molecule has 0 bridgehead atoms. The third kappa shape index (κ3) is 5.00. The first kappa shape index (κ1) is 26.5. The van der Waals surface area contributed by atoms with E-state index in [-0.39, 0.29) is 24.4 Å². The molecule has 10 nitrogen and oxygen atoms in total. The fourth-order valence-corrected chi connectivity index (χ4v) is 6.81. The minimum atomic E-state index is -0.239. The Hall–Kier alpha value is -3.68. The number of carbonyl (C=O) groups is 1. The standard InChI is InChI=1S/C30H37N7O3/c1-3-28(39)37-14-13-34(16-22(37)10-11-31)29-25-17-36(27-9-6-21-15-23(38)7-8-24(21)27)18-26(25)32-30(33-29)40-19-35-12-4-5-20(35)2/h3,7-8,15,20,22,27,38H,1,4-6,9-10,12-14,16-19H2,2H3/t20?,22-,27?/m0/s1. The van der Waals surface area contributed by atoms with Crippen LogP contribution in [0, 0.1) is 11.3 Å². The van der Waals surface area contributed by atoms with Gasteiger partial charge >= 0.3 is 6.01 Å². The monoisotopic (exact) mass is 543 g/mol. The van der Waals surface area contributed by atoms with Gasteiger partial charge in [-0.1, -0.05) is 12.6 Å². The lowest BCUT2D eigenvalue weighted by atomic mass is 10.1. The van der Waals surface area contributed by atoms with Crippen LogP contribution in [0.15, 0.2) is 30.9 Å². The molecule has 2 fully saturated rings. The molecule has 1 aromatic heterocycles. The summed E-state index contributed by atoms with van der Waals surface area (Å²) >= 11 is 0. The van der Waals surface area contributed by atoms with Gasteiger partial charge in [0.2, 0.25) is 5.91 Å². The van der Waals surface area contributed by atoms with Crippen LogP contribution in [-0.4, -0.2) is 80.7 Å². The molecule has 4 aliphatic rings. The summed E-state index contributed by atoms with van der Waals surface area (Å²) < 4.78 is 6.20. The molecule has 3 aliphatic heterocycles. The molecule has 0 saturated carbocycles. The number of amides is 1. The third-order valence-corrected chi connectivity index (χ3v) is 8.99. The van der Waals surface area contributed by atoms with E-state index in [0.29, 0.717) is 57.3 Å². The predicted molar refractivity (Wildman–Crippen MR) is 149 cm³/mol. The number of ether oxygens (including phenoxy) is 1. The van der Waals surface area contributed by atoms with Crippen LogP contribution < -0.4 is 9.64 Å². The minimum absolute atomic E-state index is 0.145. The molecule has 40 heavy (non-hydrogen) atoms. The number of aromatic hydroxyl groups is 1. The number of aromatic nitrogens is 2. The van der Waals surface area contributed by atoms with Crippen LogP contribution in [0.1, 0.15) is 61.0 Å². The first-order valence-electron chi connectivity index (χ1n) is 14.3. The van der Waals surface area contributed by atoms with Crippen molar-refractivity contribution < 1.29 is 14.6 Å². The molecule has 6 rings (SSSR count). The highest BCUT2D eigenvalue weighted by Gasteiger charge is 2.37. The number of nitrogens with zero attached hydrogens (tertiary/aromatic N) is 7. The molecule has 1 amide bonds. The molecule has 0 radical (unpaired) electrons. The zero-order valence-electron chi connectivity index (χ0n) is 23.1. The lowest BCUT2D eigenvalue weighted by Gasteiger charge is -2.41. The van der Waals surface area contributed by atoms with E-state index in [1.165, 1.54) is 30.0 Å². The van der Waals surface area contributed by atoms with Gasteiger partial charge in [-0.05, 0) is 61.9 Å². The summed E-state index contributed by atoms with van der Waals surface area (Å²) in [6.07, 6.45) is 5.85. The normalized spacial score (nSPS) is 24.6. The summed E-state index contributed by atoms with van der Waals surface area (Å²) in [6, 6.07) is 8.83. The first-order valence-corrected chi connectivity index (χ1v) is 14.3. The Bertz CT molecular complexity index is 1340. The number of likely N-dealkylation sites (tertiary alicyclic amines) is 1. The number of rotatable bonds is 7. The molecule has 210 valence electrons. The highest BCUT2D eigenvalue weighted by atomic mass is 16.5. The van der Waals surface area contributed by atoms with Gasteiger partial charge in [-0.15, -0.1) is 0 Å². The molecular formula is C30H37N7O3. The van der Waals surface area contributed by atoms with Gasteiger partial charge in [0, 0.05) is 56.9 Å². The van der Waals surface area contributed by atoms with E-state index < -0.39 is 0 Å². The number of fused-ring (bicyclic) bond motifs is 2. The number of benzene rings is 1. The second-order valence-electron chi connectivity index (χ2n) is 11.4. The Morgan fingerprint density at radius 2 is 2.12 bits per heavy atom. The molecule has 2 aromatic rings. The van der Waals surface area contributed by atoms with E-state index in [4.69, 9.17) is 14.7 Å². The Morgan fingerprint density at radius 1 is 1.25 bits per heavy atom. The Labute approximate surface area is 235 Å². The summed E-state index contributed by atoms with van der Waals surface area (Å²) in [5.41, 5.74) is 4.54. The maximum Gasteiger partial charge on any atom is 0.319 e. The number of anilines is 1. The fourth-order valence-electron chi connectivity index (χ4n) is 6.81. The lowest BCUT2D eigenvalue weighted by Crippen LogP contribution is -2.55. The molecule has 1 aromatic carbocycles. The molecule has 3 atom stereocenters. The first-order chi connectivity index (χ1) is 19.4. The van der Waals surface area contributed by atoms with Crippen LogP contribution >= 0.6 is 0 Å². The minimum Gasteiger partial charge on any atom is -0.508 e. The van der Waals surface area contributed by atoms with Gasteiger partial charge < -0.3 is 19.6 Å². The molecule has 1 aliphatic carbocycles. The van der Waals surface area contributed by atoms with E-state index in [1.807, 2.05) is 12.1 Å². The molecule has 1 N–H and O–H groups in total. The number of aryl methyl sites for hydroxylation is 1. The summed E-state index contributed by atoms with van der Waals surface area (Å²) in [4.78, 5) is 31.1. The number of phenols is 1. The molecule has 2 saturated heterocycles. The van der Waals surface area contributed by atoms with Gasteiger partial charge in [-0.25, -0.2) is 0 Å². The van der Waals surface area contributed by atoms with Crippen molar-refractivity contribution in [2.24, 2.45) is 0 Å². The maximum absolute atomic E-state index is 12.5. The summed E-state index contributed by atoms with van der Waals surface area (Å²) in [5.74, 6) is 1.01. The zero-order chi connectivity index (χ0) is 27.8. The fraction of sp³-hybridized carbons (Fsp3) is 0.533. The van der Waals surface area contributed by atoms with Crippen LogP contribution in [0.5, 0.6) is 11.8 Å². The van der Waals surface area contributed by atoms with E-state index in [9.17, 15) is 15.2 Å². The largest absolute Gasteiger partial charge is 0.508 e. The summed E-state index contributed by atoms with van der Waals surface area (Å²) in [7, 11) is 0. The maximum atomic E-state index is 12.5. The Kier molecular flexibility index (Phi) is 7.34. The van der Waals surface area contributed by atoms with E-state index in [2.05, 4.69) is 34.3 Å². The van der Waals surface area contributed by atoms with Crippen molar-refractivity contribution in [3.8, 4) is 17.8 Å². The number of nitriles is 1. The van der Waals surface area contributed by atoms with E-state index in [1.54, 1.807) is 11.0 Å². The molecule has 2 unspecified atom stereocenters. The average Bonchev–Trinajstić information content (AvgIpc) is 3.68. The zero-order valence-corrected chi connectivity index (χ0v) is 23.1. The van der Waals surface area contributed by atoms with Crippen molar-refractivity contribution in [2.45, 2.75) is 70.2 Å². The van der Waals surface area contributed by atoms with Gasteiger partial charge in [-0.3, -0.25) is 14.6 Å². The highest BCUT2D eigenvalue weighted by Crippen LogP contribution is 2.43. The van der Waals surface area contributed by atoms with Gasteiger partial charge in [0.25, 0.3) is 0 Å². The van der Waals surface area contributed by atoms with E-state index >= 15 is 0 Å². The van der Waals surface area contributed by atoms with Gasteiger partial charge in [-0.2, -0.15) is 15.2 Å². The van der Waals surface area contributed by atoms with Crippen molar-refractivity contribution in [3.05, 3.63) is 53.2 Å². The third-order valence-electron chi connectivity index (χ3n) is 8.99. The molecule has 0 spiro atoms. The van der Waals surface area contributed by atoms with Crippen LogP contribution in [0.25, 0.3) is 0 Å². The van der Waals surface area contributed by atoms with Crippen molar-refractivity contribution in [2.75, 3.05) is 37.8 Å². The number of hydrogen-bond donors (Lipinski definition) is 1. The second kappa shape index (κ2) is 11.1. The van der Waals surface area contributed by atoms with E-state index in [0.717, 1.165) is 36.5 Å². The number of phenolic OH excluding ortho intramolecular Hbond substituents is 1. The smallest absolute Gasteiger partial charge is 0.319 e. The van der Waals surface area contributed by atoms with Crippen molar-refractivity contribution in [1.82, 2.24) is 24.7 Å². The summed E-state index contributed by atoms with van der Waals surface area (Å²) in [5, 5.41) is 19.5. The van der Waals surface area contributed by atoms with Crippen molar-refractivity contribution >= 4 is 11.7 Å². The lowest BCUT2D eigenvalue weighted by molar-refractivity contribution is -0.128. The number of hydrogen-bond acceptors (Lipinski definition) is 9. The SMILES string of the molecule is C=CC(=O)N1CCN(c2nc(OCN3CCCC3C)nc3c2CN(C2CCc4cc(O)ccc42)C3)C[C@@H]1CC#N. The number of piperazine rings is 1. The van der Waals surface area contributed by atoms with Gasteiger partial charge in [0.15, 0.2) is 0 Å². The second-order valence-corrected chi connectivity index (χ2v) is 11.4. The van der Waals surface area contributed by atoms with Gasteiger partial charge in [0.05, 0.1) is 24.2 Å². The topological polar surface area (TPSA) is 109 Å². The van der Waals surface area contributed by atoms with Crippen molar-refractivity contribution in [1.29, 1.82) is 5.26 Å². The number of carbonyl (C=O) groups excluding carboxylic acids is 1.